The number of amides is 3. The van der Waals surface area contributed by atoms with Gasteiger partial charge < -0.3 is 24.2 Å². The van der Waals surface area contributed by atoms with E-state index in [4.69, 9.17) is 9.47 Å². The van der Waals surface area contributed by atoms with Gasteiger partial charge in [-0.05, 0) is 68.4 Å². The van der Waals surface area contributed by atoms with Crippen LogP contribution in [0.5, 0.6) is 5.75 Å². The lowest BCUT2D eigenvalue weighted by Gasteiger charge is -2.31. The molecule has 3 amide bonds. The fourth-order valence-electron chi connectivity index (χ4n) is 4.73. The molecule has 1 aliphatic heterocycles. The first-order valence-corrected chi connectivity index (χ1v) is 13.4. The molecule has 2 aromatic carbocycles. The molecule has 206 valence electrons. The van der Waals surface area contributed by atoms with Crippen LogP contribution in [0.3, 0.4) is 0 Å². The van der Waals surface area contributed by atoms with E-state index in [2.05, 4.69) is 0 Å². The van der Waals surface area contributed by atoms with Gasteiger partial charge in [-0.15, -0.1) is 0 Å². The van der Waals surface area contributed by atoms with Crippen LogP contribution >= 0.6 is 0 Å². The van der Waals surface area contributed by atoms with Gasteiger partial charge in [0.25, 0.3) is 11.8 Å². The van der Waals surface area contributed by atoms with E-state index >= 15 is 0 Å². The van der Waals surface area contributed by atoms with Crippen LogP contribution in [-0.2, 0) is 16.1 Å². The zero-order chi connectivity index (χ0) is 27.5. The van der Waals surface area contributed by atoms with E-state index in [0.717, 1.165) is 31.2 Å². The quantitative estimate of drug-likeness (QED) is 0.484. The smallest absolute Gasteiger partial charge is 0.258 e. The van der Waals surface area contributed by atoms with Gasteiger partial charge in [0.1, 0.15) is 11.8 Å². The number of ether oxygens (including phenoxy) is 2. The summed E-state index contributed by atoms with van der Waals surface area (Å²) in [6.07, 6.45) is 4.63. The second-order valence-electron chi connectivity index (χ2n) is 9.95. The highest BCUT2D eigenvalue weighted by Gasteiger charge is 2.31. The predicted molar refractivity (Wildman–Crippen MR) is 147 cm³/mol. The van der Waals surface area contributed by atoms with E-state index in [1.807, 2.05) is 49.5 Å². The number of nitrogens with zero attached hydrogens (tertiary/aromatic N) is 3. The van der Waals surface area contributed by atoms with E-state index in [9.17, 15) is 14.4 Å². The Bertz CT molecular complexity index is 1090. The number of rotatable bonds is 8. The Morgan fingerprint density at radius 3 is 2.63 bits per heavy atom. The molecule has 38 heavy (non-hydrogen) atoms. The van der Waals surface area contributed by atoms with Crippen LogP contribution < -0.4 is 4.74 Å². The fourth-order valence-corrected chi connectivity index (χ4v) is 4.73. The summed E-state index contributed by atoms with van der Waals surface area (Å²) in [6.45, 7) is 2.19. The SMILES string of the molecule is COCc1cccc(C(=O)N(C)CCCC[C@H]2C(=O)N(C)CCCCCOc3ccccc3C(=O)N2C)c1. The second-order valence-corrected chi connectivity index (χ2v) is 9.95. The monoisotopic (exact) mass is 523 g/mol. The molecule has 0 unspecified atom stereocenters. The highest BCUT2D eigenvalue weighted by atomic mass is 16.5. The van der Waals surface area contributed by atoms with Crippen molar-refractivity contribution in [2.24, 2.45) is 0 Å². The van der Waals surface area contributed by atoms with Crippen LogP contribution in [0.2, 0.25) is 0 Å². The number of methoxy groups -OCH3 is 1. The molecule has 0 aliphatic carbocycles. The molecule has 0 saturated heterocycles. The first-order valence-electron chi connectivity index (χ1n) is 13.4. The minimum Gasteiger partial charge on any atom is -0.493 e. The van der Waals surface area contributed by atoms with Gasteiger partial charge in [-0.2, -0.15) is 0 Å². The van der Waals surface area contributed by atoms with Crippen molar-refractivity contribution in [2.45, 2.75) is 51.2 Å². The van der Waals surface area contributed by atoms with Crippen LogP contribution in [0, 0.1) is 0 Å². The number of unbranched alkanes of at least 4 members (excludes halogenated alkanes) is 1. The Morgan fingerprint density at radius 2 is 1.84 bits per heavy atom. The summed E-state index contributed by atoms with van der Waals surface area (Å²) < 4.78 is 11.1. The number of fused-ring (bicyclic) bond motifs is 1. The summed E-state index contributed by atoms with van der Waals surface area (Å²) >= 11 is 0. The molecule has 0 bridgehead atoms. The normalized spacial score (nSPS) is 17.1. The minimum atomic E-state index is -0.590. The van der Waals surface area contributed by atoms with Crippen molar-refractivity contribution in [3.63, 3.8) is 0 Å². The summed E-state index contributed by atoms with van der Waals surface area (Å²) in [6, 6.07) is 14.1. The Balaban J connectivity index is 1.66. The van der Waals surface area contributed by atoms with Crippen LogP contribution in [0.15, 0.2) is 48.5 Å². The average molecular weight is 524 g/mol. The van der Waals surface area contributed by atoms with Gasteiger partial charge in [-0.3, -0.25) is 14.4 Å². The largest absolute Gasteiger partial charge is 0.493 e. The van der Waals surface area contributed by atoms with Crippen LogP contribution in [0.25, 0.3) is 0 Å². The number of benzene rings is 2. The maximum absolute atomic E-state index is 13.5. The molecule has 0 saturated carbocycles. The van der Waals surface area contributed by atoms with Gasteiger partial charge in [0, 0.05) is 46.9 Å². The van der Waals surface area contributed by atoms with Crippen molar-refractivity contribution in [1.29, 1.82) is 0 Å². The predicted octanol–water partition coefficient (Wildman–Crippen LogP) is 4.24. The van der Waals surface area contributed by atoms with Crippen LogP contribution in [0.1, 0.15) is 64.8 Å². The highest BCUT2D eigenvalue weighted by molar-refractivity contribution is 5.99. The molecule has 0 fully saturated rings. The number of para-hydroxylation sites is 1. The zero-order valence-electron chi connectivity index (χ0n) is 23.2. The van der Waals surface area contributed by atoms with Crippen molar-refractivity contribution >= 4 is 17.7 Å². The summed E-state index contributed by atoms with van der Waals surface area (Å²) in [5, 5.41) is 0. The summed E-state index contributed by atoms with van der Waals surface area (Å²) in [4.78, 5) is 44.8. The average Bonchev–Trinajstić information content (AvgIpc) is 2.93. The van der Waals surface area contributed by atoms with Crippen molar-refractivity contribution in [3.8, 4) is 5.75 Å². The molecule has 8 nitrogen and oxygen atoms in total. The first-order chi connectivity index (χ1) is 18.3. The van der Waals surface area contributed by atoms with Crippen LogP contribution in [0.4, 0.5) is 0 Å². The Hall–Kier alpha value is -3.39. The minimum absolute atomic E-state index is 0.0512. The highest BCUT2D eigenvalue weighted by Crippen LogP contribution is 2.23. The lowest BCUT2D eigenvalue weighted by molar-refractivity contribution is -0.134. The molecule has 0 N–H and O–H groups in total. The molecule has 0 spiro atoms. The molecule has 2 aromatic rings. The van der Waals surface area contributed by atoms with Crippen molar-refractivity contribution in [1.82, 2.24) is 14.7 Å². The molecular weight excluding hydrogens is 482 g/mol. The summed E-state index contributed by atoms with van der Waals surface area (Å²) in [5.74, 6) is 0.218. The van der Waals surface area contributed by atoms with Crippen molar-refractivity contribution in [3.05, 3.63) is 65.2 Å². The molecule has 1 heterocycles. The number of hydrogen-bond acceptors (Lipinski definition) is 5. The number of carbonyl (C=O) groups is 3. The number of hydrogen-bond donors (Lipinski definition) is 0. The third-order valence-electron chi connectivity index (χ3n) is 7.01. The molecular formula is C30H41N3O5. The topological polar surface area (TPSA) is 79.4 Å². The van der Waals surface area contributed by atoms with E-state index in [1.165, 1.54) is 0 Å². The maximum atomic E-state index is 13.5. The third-order valence-corrected chi connectivity index (χ3v) is 7.01. The van der Waals surface area contributed by atoms with Gasteiger partial charge in [-0.25, -0.2) is 0 Å². The number of likely N-dealkylation sites (N-methyl/N-ethyl adjacent to an activating group) is 2. The van der Waals surface area contributed by atoms with Gasteiger partial charge in [0.05, 0.1) is 18.8 Å². The zero-order valence-corrected chi connectivity index (χ0v) is 23.2. The van der Waals surface area contributed by atoms with E-state index in [1.54, 1.807) is 42.0 Å². The Morgan fingerprint density at radius 1 is 1.05 bits per heavy atom. The Labute approximate surface area is 226 Å². The molecule has 0 radical (unpaired) electrons. The summed E-state index contributed by atoms with van der Waals surface area (Å²) in [7, 11) is 6.92. The van der Waals surface area contributed by atoms with Crippen molar-refractivity contribution < 1.29 is 23.9 Å². The lowest BCUT2D eigenvalue weighted by Crippen LogP contribution is -2.48. The molecule has 1 atom stereocenters. The number of carbonyl (C=O) groups excluding carboxylic acids is 3. The fraction of sp³-hybridized carbons (Fsp3) is 0.500. The van der Waals surface area contributed by atoms with Crippen molar-refractivity contribution in [2.75, 3.05) is 47.9 Å². The Kier molecular flexibility index (Phi) is 11.1. The second kappa shape index (κ2) is 14.5. The lowest BCUT2D eigenvalue weighted by atomic mass is 10.0. The molecule has 1 aliphatic rings. The van der Waals surface area contributed by atoms with E-state index < -0.39 is 6.04 Å². The van der Waals surface area contributed by atoms with E-state index in [-0.39, 0.29) is 17.7 Å². The molecule has 0 aromatic heterocycles. The van der Waals surface area contributed by atoms with Gasteiger partial charge in [0.2, 0.25) is 5.91 Å². The first kappa shape index (κ1) is 29.2. The molecule has 8 heteroatoms. The van der Waals surface area contributed by atoms with Crippen LogP contribution in [-0.4, -0.2) is 86.4 Å². The van der Waals surface area contributed by atoms with Gasteiger partial charge in [0.15, 0.2) is 0 Å². The standard InChI is InChI=1S/C30H41N3O5/c1-31(28(34)24-14-12-13-23(21-24)22-37-4)19-10-8-16-26-30(36)32(2)18-9-5-11-20-38-27-17-7-6-15-25(27)29(35)33(26)3/h6-7,12-15,17,21,26H,5,8-11,16,18-20,22H2,1-4H3/t26-/m0/s1. The van der Waals surface area contributed by atoms with E-state index in [0.29, 0.717) is 56.0 Å². The van der Waals surface area contributed by atoms with Gasteiger partial charge >= 0.3 is 0 Å². The third kappa shape index (κ3) is 7.81. The van der Waals surface area contributed by atoms with Gasteiger partial charge in [-0.1, -0.05) is 24.3 Å². The summed E-state index contributed by atoms with van der Waals surface area (Å²) in [5.41, 5.74) is 2.04. The maximum Gasteiger partial charge on any atom is 0.258 e. The molecule has 3 rings (SSSR count).